The van der Waals surface area contributed by atoms with Crippen molar-refractivity contribution in [1.29, 1.82) is 0 Å². The van der Waals surface area contributed by atoms with Gasteiger partial charge in [-0.25, -0.2) is 0 Å². The summed E-state index contributed by atoms with van der Waals surface area (Å²) in [7, 11) is -0.537. The Bertz CT molecular complexity index is 95.6. The fraction of sp³-hybridized carbons (Fsp3) is 1.00. The van der Waals surface area contributed by atoms with Gasteiger partial charge in [0.2, 0.25) is 0 Å². The third-order valence-electron chi connectivity index (χ3n) is 1.31. The molecule has 0 aliphatic heterocycles. The number of aliphatic hydroxyl groups is 2. The van der Waals surface area contributed by atoms with Crippen molar-refractivity contribution in [2.75, 3.05) is 6.61 Å². The van der Waals surface area contributed by atoms with Gasteiger partial charge in [0, 0.05) is 5.41 Å². The van der Waals surface area contributed by atoms with Crippen LogP contribution in [0, 0.1) is 5.41 Å². The van der Waals surface area contributed by atoms with E-state index in [9.17, 15) is 0 Å². The first-order chi connectivity index (χ1) is 4.54. The van der Waals surface area contributed by atoms with Crippen LogP contribution in [0.1, 0.15) is 13.8 Å². The van der Waals surface area contributed by atoms with Crippen molar-refractivity contribution in [2.45, 2.75) is 20.1 Å². The Morgan fingerprint density at radius 2 is 2.10 bits per heavy atom. The highest BCUT2D eigenvalue weighted by Crippen LogP contribution is 2.19. The summed E-state index contributed by atoms with van der Waals surface area (Å²) in [6.45, 7) is 3.08. The molecule has 5 heteroatoms. The van der Waals surface area contributed by atoms with Gasteiger partial charge in [-0.1, -0.05) is 13.8 Å². The second-order valence-corrected chi connectivity index (χ2v) is 2.79. The van der Waals surface area contributed by atoms with E-state index in [1.807, 2.05) is 0 Å². The van der Waals surface area contributed by atoms with Gasteiger partial charge in [-0.05, 0) is 0 Å². The lowest BCUT2D eigenvalue weighted by Gasteiger charge is -2.27. The van der Waals surface area contributed by atoms with Crippen LogP contribution in [-0.4, -0.2) is 35.8 Å². The predicted molar refractivity (Wildman–Crippen MR) is 37.3 cm³/mol. The van der Waals surface area contributed by atoms with Crippen LogP contribution in [0.15, 0.2) is 0 Å². The van der Waals surface area contributed by atoms with Gasteiger partial charge in [-0.15, -0.1) is 0 Å². The van der Waals surface area contributed by atoms with Gasteiger partial charge in [-0.3, -0.25) is 0 Å². The van der Waals surface area contributed by atoms with Crippen LogP contribution in [0.3, 0.4) is 0 Å². The molecule has 0 aromatic rings. The van der Waals surface area contributed by atoms with E-state index in [0.29, 0.717) is 0 Å². The molecule has 0 saturated carbocycles. The Morgan fingerprint density at radius 1 is 1.60 bits per heavy atom. The van der Waals surface area contributed by atoms with Crippen LogP contribution in [0.2, 0.25) is 0 Å². The molecule has 4 nitrogen and oxygen atoms in total. The predicted octanol–water partition coefficient (Wildman–Crippen LogP) is -1.40. The van der Waals surface area contributed by atoms with Crippen molar-refractivity contribution in [3.05, 3.63) is 0 Å². The fourth-order valence-electron chi connectivity index (χ4n) is 0.374. The first kappa shape index (κ1) is 9.90. The molecule has 1 unspecified atom stereocenters. The van der Waals surface area contributed by atoms with Crippen molar-refractivity contribution < 1.29 is 19.9 Å². The summed E-state index contributed by atoms with van der Waals surface area (Å²) in [5.41, 5.74) is -0.720. The minimum absolute atomic E-state index is 0.186. The van der Waals surface area contributed by atoms with Gasteiger partial charge < -0.3 is 19.9 Å². The standard InChI is InChI=1S/C5H13BO4/c1-5(2,3-7)4(8)10-6-9/h4,6-9H,3H2,1-2H3. The maximum atomic E-state index is 9.03. The fourth-order valence-corrected chi connectivity index (χ4v) is 0.374. The van der Waals surface area contributed by atoms with E-state index in [4.69, 9.17) is 15.2 Å². The van der Waals surface area contributed by atoms with E-state index in [0.717, 1.165) is 0 Å². The number of hydrogen-bond acceptors (Lipinski definition) is 4. The summed E-state index contributed by atoms with van der Waals surface area (Å²) in [6.07, 6.45) is -1.12. The SMILES string of the molecule is CC(C)(CO)C(O)OBO. The summed E-state index contributed by atoms with van der Waals surface area (Å²) in [5.74, 6) is 0. The van der Waals surface area contributed by atoms with Crippen molar-refractivity contribution in [3.63, 3.8) is 0 Å². The van der Waals surface area contributed by atoms with Gasteiger partial charge in [0.1, 0.15) is 6.29 Å². The summed E-state index contributed by atoms with van der Waals surface area (Å²) in [5, 5.41) is 25.9. The molecule has 0 aromatic carbocycles. The molecule has 10 heavy (non-hydrogen) atoms. The van der Waals surface area contributed by atoms with E-state index in [-0.39, 0.29) is 6.61 Å². The van der Waals surface area contributed by atoms with Gasteiger partial charge in [0.15, 0.2) is 0 Å². The zero-order valence-corrected chi connectivity index (χ0v) is 6.24. The molecule has 0 aliphatic rings. The van der Waals surface area contributed by atoms with Crippen LogP contribution in [-0.2, 0) is 4.65 Å². The molecule has 0 aromatic heterocycles. The van der Waals surface area contributed by atoms with E-state index >= 15 is 0 Å². The molecule has 0 fully saturated rings. The lowest BCUT2D eigenvalue weighted by molar-refractivity contribution is -0.123. The molecule has 0 rings (SSSR count). The molecule has 0 heterocycles. The summed E-state index contributed by atoms with van der Waals surface area (Å²) in [4.78, 5) is 0. The molecule has 0 amide bonds. The first-order valence-corrected chi connectivity index (χ1v) is 3.06. The number of hydrogen-bond donors (Lipinski definition) is 3. The molecule has 3 N–H and O–H groups in total. The zero-order chi connectivity index (χ0) is 8.20. The smallest absolute Gasteiger partial charge is 0.430 e. The van der Waals surface area contributed by atoms with Crippen LogP contribution in [0.4, 0.5) is 0 Å². The van der Waals surface area contributed by atoms with E-state index < -0.39 is 19.4 Å². The Kier molecular flexibility index (Phi) is 3.89. The van der Waals surface area contributed by atoms with Crippen molar-refractivity contribution in [3.8, 4) is 0 Å². The quantitative estimate of drug-likeness (QED) is 0.338. The zero-order valence-electron chi connectivity index (χ0n) is 6.24. The van der Waals surface area contributed by atoms with Gasteiger partial charge in [0.25, 0.3) is 0 Å². The largest absolute Gasteiger partial charge is 0.437 e. The third kappa shape index (κ3) is 2.66. The highest BCUT2D eigenvalue weighted by atomic mass is 16.6. The maximum absolute atomic E-state index is 9.03. The Balaban J connectivity index is 3.78. The summed E-state index contributed by atoms with van der Waals surface area (Å²) < 4.78 is 4.45. The monoisotopic (exact) mass is 148 g/mol. The Hall–Kier alpha value is -0.0951. The summed E-state index contributed by atoms with van der Waals surface area (Å²) in [6, 6.07) is 0. The second-order valence-electron chi connectivity index (χ2n) is 2.79. The van der Waals surface area contributed by atoms with Gasteiger partial charge in [0.05, 0.1) is 6.61 Å². The highest BCUT2D eigenvalue weighted by Gasteiger charge is 2.27. The van der Waals surface area contributed by atoms with Crippen LogP contribution >= 0.6 is 0 Å². The first-order valence-electron chi connectivity index (χ1n) is 3.06. The highest BCUT2D eigenvalue weighted by molar-refractivity contribution is 6.15. The van der Waals surface area contributed by atoms with Gasteiger partial charge in [-0.2, -0.15) is 0 Å². The van der Waals surface area contributed by atoms with Gasteiger partial charge >= 0.3 is 7.69 Å². The minimum Gasteiger partial charge on any atom is -0.430 e. The molecule has 60 valence electrons. The van der Waals surface area contributed by atoms with E-state index in [2.05, 4.69) is 4.65 Å². The van der Waals surface area contributed by atoms with Crippen molar-refractivity contribution in [2.24, 2.45) is 5.41 Å². The second kappa shape index (κ2) is 3.93. The van der Waals surface area contributed by atoms with Crippen LogP contribution in [0.25, 0.3) is 0 Å². The number of aliphatic hydroxyl groups excluding tert-OH is 2. The van der Waals surface area contributed by atoms with Crippen molar-refractivity contribution in [1.82, 2.24) is 0 Å². The molecule has 0 radical (unpaired) electrons. The van der Waals surface area contributed by atoms with E-state index in [1.165, 1.54) is 0 Å². The lowest BCUT2D eigenvalue weighted by atomic mass is 9.94. The van der Waals surface area contributed by atoms with E-state index in [1.54, 1.807) is 13.8 Å². The molecule has 0 aliphatic carbocycles. The topological polar surface area (TPSA) is 69.9 Å². The lowest BCUT2D eigenvalue weighted by Crippen LogP contribution is -2.35. The molecule has 1 atom stereocenters. The normalized spacial score (nSPS) is 14.9. The van der Waals surface area contributed by atoms with Crippen LogP contribution in [0.5, 0.6) is 0 Å². The average Bonchev–Trinajstić information content (AvgIpc) is 1.89. The maximum Gasteiger partial charge on any atom is 0.437 e. The molecule has 0 spiro atoms. The molecule has 0 saturated heterocycles. The van der Waals surface area contributed by atoms with Crippen molar-refractivity contribution >= 4 is 7.69 Å². The summed E-state index contributed by atoms with van der Waals surface area (Å²) >= 11 is 0. The minimum atomic E-state index is -1.12. The Morgan fingerprint density at radius 3 is 2.40 bits per heavy atom. The molecular weight excluding hydrogens is 135 g/mol. The molecule has 0 bridgehead atoms. The average molecular weight is 148 g/mol. The molecular formula is C5H13BO4. The Labute approximate surface area is 60.8 Å². The van der Waals surface area contributed by atoms with Crippen LogP contribution < -0.4 is 0 Å². The third-order valence-corrected chi connectivity index (χ3v) is 1.31. The number of rotatable bonds is 4.